The van der Waals surface area contributed by atoms with Gasteiger partial charge >= 0.3 is 0 Å². The second-order valence-corrected chi connectivity index (χ2v) is 26.6. The fourth-order valence-electron chi connectivity index (χ4n) is 12.3. The summed E-state index contributed by atoms with van der Waals surface area (Å²) in [6, 6.07) is 130. The minimum Gasteiger partial charge on any atom is -0.0614 e. The van der Waals surface area contributed by atoms with E-state index in [0.29, 0.717) is 0 Å². The van der Waals surface area contributed by atoms with Crippen LogP contribution in [0.15, 0.2) is 364 Å². The molecule has 15 rings (SSSR count). The highest BCUT2D eigenvalue weighted by Crippen LogP contribution is 2.33. The van der Waals surface area contributed by atoms with E-state index in [1.165, 1.54) is 167 Å². The zero-order valence-corrected chi connectivity index (χ0v) is 59.6. The first-order chi connectivity index (χ1) is 48.6. The molecule has 0 aliphatic carbocycles. The second-order valence-electron chi connectivity index (χ2n) is 26.6. The van der Waals surface area contributed by atoms with Gasteiger partial charge in [-0.3, -0.25) is 0 Å². The van der Waals surface area contributed by atoms with Crippen LogP contribution in [0.3, 0.4) is 0 Å². The minimum absolute atomic E-state index is 1.27. The van der Waals surface area contributed by atoms with Gasteiger partial charge in [-0.05, 0) is 199 Å². The number of rotatable bonds is 10. The van der Waals surface area contributed by atoms with Crippen molar-refractivity contribution >= 4 is 0 Å². The van der Waals surface area contributed by atoms with Crippen LogP contribution in [-0.2, 0) is 0 Å². The molecule has 0 heterocycles. The van der Waals surface area contributed by atoms with Gasteiger partial charge in [-0.1, -0.05) is 401 Å². The molecular weight excluding hydrogens is 1200 g/mol. The Morgan fingerprint density at radius 1 is 0.0900 bits per heavy atom. The third kappa shape index (κ3) is 19.8. The summed E-state index contributed by atoms with van der Waals surface area (Å²) >= 11 is 0. The normalized spacial score (nSPS) is 10.5. The van der Waals surface area contributed by atoms with E-state index in [0.717, 1.165) is 0 Å². The van der Waals surface area contributed by atoms with E-state index in [-0.39, 0.29) is 0 Å². The molecule has 0 amide bonds. The third-order valence-electron chi connectivity index (χ3n) is 18.0. The largest absolute Gasteiger partial charge is 0.0614 e. The molecule has 0 saturated heterocycles. The lowest BCUT2D eigenvalue weighted by Gasteiger charge is -2.07. The van der Waals surface area contributed by atoms with Crippen molar-refractivity contribution in [3.8, 4) is 111 Å². The zero-order valence-electron chi connectivity index (χ0n) is 59.6. The van der Waals surface area contributed by atoms with Gasteiger partial charge in [0.15, 0.2) is 0 Å². The smallest absolute Gasteiger partial charge is 0.0178 e. The van der Waals surface area contributed by atoms with E-state index < -0.39 is 0 Å². The van der Waals surface area contributed by atoms with Crippen LogP contribution in [0.4, 0.5) is 0 Å². The van der Waals surface area contributed by atoms with Gasteiger partial charge in [-0.25, -0.2) is 0 Å². The van der Waals surface area contributed by atoms with Gasteiger partial charge in [0, 0.05) is 0 Å². The van der Waals surface area contributed by atoms with Crippen LogP contribution in [-0.4, -0.2) is 0 Å². The molecule has 0 aliphatic heterocycles. The summed E-state index contributed by atoms with van der Waals surface area (Å²) in [5.74, 6) is 0. The van der Waals surface area contributed by atoms with Crippen molar-refractivity contribution in [1.29, 1.82) is 0 Å². The third-order valence-corrected chi connectivity index (χ3v) is 18.0. The van der Waals surface area contributed by atoms with Crippen molar-refractivity contribution in [2.75, 3.05) is 0 Å². The van der Waals surface area contributed by atoms with Gasteiger partial charge in [0.05, 0.1) is 0 Å². The average Bonchev–Trinajstić information content (AvgIpc) is 0.879. The Balaban J connectivity index is 0.000000126. The Bertz CT molecular complexity index is 4920. The Morgan fingerprint density at radius 2 is 0.200 bits per heavy atom. The molecule has 15 aromatic carbocycles. The monoisotopic (exact) mass is 1290 g/mol. The van der Waals surface area contributed by atoms with E-state index in [2.05, 4.69) is 433 Å². The molecule has 0 heteroatoms. The van der Waals surface area contributed by atoms with Crippen LogP contribution in [0.1, 0.15) is 55.6 Å². The van der Waals surface area contributed by atoms with Crippen molar-refractivity contribution in [2.24, 2.45) is 0 Å². The van der Waals surface area contributed by atoms with Gasteiger partial charge < -0.3 is 0 Å². The van der Waals surface area contributed by atoms with Crippen LogP contribution in [0.25, 0.3) is 111 Å². The van der Waals surface area contributed by atoms with E-state index in [9.17, 15) is 0 Å². The summed E-state index contributed by atoms with van der Waals surface area (Å²) in [6.07, 6.45) is 0. The molecule has 0 spiro atoms. The zero-order chi connectivity index (χ0) is 69.7. The van der Waals surface area contributed by atoms with E-state index >= 15 is 0 Å². The fourth-order valence-corrected chi connectivity index (χ4v) is 12.3. The molecule has 0 aliphatic rings. The topological polar surface area (TPSA) is 0 Å². The standard InChI is InChI=1S/5C20H18/c1-15-6-3-8-17(12-15)19-10-5-11-20(14-19)18-9-4-7-16(2)13-18;1-15-5-3-7-19(13-15)17-9-11-18(12-10-17)20-8-4-6-16(2)14-20;1-15-9-11-17(12-10-15)19-7-4-8-20(14-19)18-6-3-5-16(2)13-18;1-15-6-10-17(11-7-15)19-4-3-5-20(14-19)18-12-8-16(2)9-13-18;1-15-6-8-17(9-7-15)18-10-12-19(13-11-18)20-5-3-4-16(2)14-20/h5*3-14H,1-2H3. The second kappa shape index (κ2) is 34.0. The summed E-state index contributed by atoms with van der Waals surface area (Å²) < 4.78 is 0. The van der Waals surface area contributed by atoms with Crippen LogP contribution < -0.4 is 0 Å². The molecule has 0 unspecified atom stereocenters. The summed E-state index contributed by atoms with van der Waals surface area (Å²) in [6.45, 7) is 21.3. The molecular formula is C100H90. The maximum Gasteiger partial charge on any atom is -0.0178 e. The van der Waals surface area contributed by atoms with Crippen molar-refractivity contribution in [2.45, 2.75) is 69.2 Å². The highest BCUT2D eigenvalue weighted by Gasteiger charge is 2.08. The summed E-state index contributed by atoms with van der Waals surface area (Å²) in [7, 11) is 0. The molecule has 0 nitrogen and oxygen atoms in total. The first kappa shape index (κ1) is 69.6. The SMILES string of the molecule is Cc1ccc(-c2ccc(-c3cccc(C)c3)cc2)cc1.Cc1ccc(-c2cccc(-c3ccc(C)cc3)c2)cc1.Cc1ccc(-c2cccc(-c3cccc(C)c3)c2)cc1.Cc1cccc(-c2ccc(-c3cccc(C)c3)cc2)c1.Cc1cccc(-c2cccc(-c3cccc(C)c3)c2)c1. The molecule has 490 valence electrons. The van der Waals surface area contributed by atoms with Crippen molar-refractivity contribution < 1.29 is 0 Å². The molecule has 100 heavy (non-hydrogen) atoms. The first-order valence-electron chi connectivity index (χ1n) is 34.8. The molecule has 0 saturated carbocycles. The molecule has 0 bridgehead atoms. The quantitative estimate of drug-likeness (QED) is 0.128. The van der Waals surface area contributed by atoms with Gasteiger partial charge in [0.1, 0.15) is 0 Å². The Hall–Kier alpha value is -11.7. The van der Waals surface area contributed by atoms with Crippen molar-refractivity contribution in [3.05, 3.63) is 420 Å². The lowest BCUT2D eigenvalue weighted by Crippen LogP contribution is -1.83. The predicted molar refractivity (Wildman–Crippen MR) is 434 cm³/mol. The van der Waals surface area contributed by atoms with Gasteiger partial charge in [-0.15, -0.1) is 0 Å². The molecule has 15 aromatic rings. The average molecular weight is 1290 g/mol. The van der Waals surface area contributed by atoms with E-state index in [1.807, 2.05) is 0 Å². The van der Waals surface area contributed by atoms with E-state index in [4.69, 9.17) is 0 Å². The highest BCUT2D eigenvalue weighted by atomic mass is 14.1. The molecule has 0 fully saturated rings. The lowest BCUT2D eigenvalue weighted by atomic mass is 9.97. The van der Waals surface area contributed by atoms with Crippen molar-refractivity contribution in [1.82, 2.24) is 0 Å². The van der Waals surface area contributed by atoms with Gasteiger partial charge in [-0.2, -0.15) is 0 Å². The Labute approximate surface area is 596 Å². The minimum atomic E-state index is 1.27. The number of hydrogen-bond acceptors (Lipinski definition) is 0. The lowest BCUT2D eigenvalue weighted by molar-refractivity contribution is 1.46. The molecule has 0 aromatic heterocycles. The molecule has 0 N–H and O–H groups in total. The molecule has 0 atom stereocenters. The van der Waals surface area contributed by atoms with Gasteiger partial charge in [0.25, 0.3) is 0 Å². The maximum atomic E-state index is 2.27. The van der Waals surface area contributed by atoms with Crippen molar-refractivity contribution in [3.63, 3.8) is 0 Å². The van der Waals surface area contributed by atoms with Crippen LogP contribution >= 0.6 is 0 Å². The maximum absolute atomic E-state index is 2.27. The van der Waals surface area contributed by atoms with Crippen LogP contribution in [0, 0.1) is 69.2 Å². The highest BCUT2D eigenvalue weighted by molar-refractivity contribution is 5.78. The summed E-state index contributed by atoms with van der Waals surface area (Å²) in [5.41, 5.74) is 38.4. The number of benzene rings is 15. The summed E-state index contributed by atoms with van der Waals surface area (Å²) in [5, 5.41) is 0. The fraction of sp³-hybridized carbons (Fsp3) is 0.100. The predicted octanol–water partition coefficient (Wildman–Crippen LogP) is 28.2. The Kier molecular flexibility index (Phi) is 23.7. The number of hydrogen-bond donors (Lipinski definition) is 0. The van der Waals surface area contributed by atoms with E-state index in [1.54, 1.807) is 0 Å². The first-order valence-corrected chi connectivity index (χ1v) is 34.8. The van der Waals surface area contributed by atoms with Crippen LogP contribution in [0.5, 0.6) is 0 Å². The number of aryl methyl sites for hydroxylation is 10. The van der Waals surface area contributed by atoms with Crippen LogP contribution in [0.2, 0.25) is 0 Å². The Morgan fingerprint density at radius 3 is 0.360 bits per heavy atom. The summed E-state index contributed by atoms with van der Waals surface area (Å²) in [4.78, 5) is 0. The molecule has 0 radical (unpaired) electrons. The van der Waals surface area contributed by atoms with Gasteiger partial charge in [0.2, 0.25) is 0 Å².